The summed E-state index contributed by atoms with van der Waals surface area (Å²) < 4.78 is 61.2. The van der Waals surface area contributed by atoms with Crippen molar-refractivity contribution in [3.8, 4) is 11.5 Å². The summed E-state index contributed by atoms with van der Waals surface area (Å²) in [5.74, 6) is 0.979. The second-order valence-corrected chi connectivity index (χ2v) is 8.58. The molecule has 134 valence electrons. The molecule has 0 fully saturated rings. The summed E-state index contributed by atoms with van der Waals surface area (Å²) in [6, 6.07) is 9.47. The van der Waals surface area contributed by atoms with Crippen LogP contribution in [0.25, 0.3) is 0 Å². The minimum absolute atomic E-state index is 0.217. The van der Waals surface area contributed by atoms with Gasteiger partial charge >= 0.3 is 0 Å². The van der Waals surface area contributed by atoms with Crippen LogP contribution < -0.4 is 19.3 Å². The van der Waals surface area contributed by atoms with Crippen LogP contribution in [0.1, 0.15) is 6.42 Å². The Morgan fingerprint density at radius 3 is 2.28 bits per heavy atom. The first-order valence-corrected chi connectivity index (χ1v) is 10.3. The Morgan fingerprint density at radius 1 is 0.880 bits per heavy atom. The molecule has 1 heterocycles. The summed E-state index contributed by atoms with van der Waals surface area (Å²) in [6.07, 6.45) is 0.732. The zero-order valence-corrected chi connectivity index (χ0v) is 14.6. The molecule has 0 radical (unpaired) electrons. The van der Waals surface area contributed by atoms with Crippen LogP contribution in [0, 0.1) is 0 Å². The highest BCUT2D eigenvalue weighted by molar-refractivity contribution is 7.93. The van der Waals surface area contributed by atoms with Crippen LogP contribution in [0.4, 0.5) is 5.69 Å². The first-order valence-electron chi connectivity index (χ1n) is 7.31. The van der Waals surface area contributed by atoms with Crippen molar-refractivity contribution in [2.45, 2.75) is 16.2 Å². The van der Waals surface area contributed by atoms with Crippen LogP contribution in [0.15, 0.2) is 52.3 Å². The van der Waals surface area contributed by atoms with Gasteiger partial charge in [0, 0.05) is 12.5 Å². The molecular formula is C15H16N2O6S2. The maximum atomic E-state index is 12.5. The minimum Gasteiger partial charge on any atom is -0.490 e. The first kappa shape index (κ1) is 17.5. The van der Waals surface area contributed by atoms with Gasteiger partial charge in [-0.05, 0) is 30.3 Å². The number of fused-ring (bicyclic) bond motifs is 1. The van der Waals surface area contributed by atoms with Gasteiger partial charge in [-0.1, -0.05) is 6.07 Å². The maximum Gasteiger partial charge on any atom is 0.261 e. The number of hydrogen-bond donors (Lipinski definition) is 2. The largest absolute Gasteiger partial charge is 0.490 e. The van der Waals surface area contributed by atoms with Crippen LogP contribution in [-0.4, -0.2) is 30.0 Å². The molecule has 1 aliphatic heterocycles. The van der Waals surface area contributed by atoms with E-state index in [1.165, 1.54) is 30.3 Å². The average molecular weight is 384 g/mol. The van der Waals surface area contributed by atoms with E-state index in [1.807, 2.05) is 0 Å². The molecule has 25 heavy (non-hydrogen) atoms. The SMILES string of the molecule is NS(=O)(=O)c1cccc(S(=O)(=O)Nc2ccc3c(c2)OCCCO3)c1. The van der Waals surface area contributed by atoms with Crippen LogP contribution in [0.5, 0.6) is 11.5 Å². The number of anilines is 1. The summed E-state index contributed by atoms with van der Waals surface area (Å²) in [5, 5.41) is 5.04. The second-order valence-electron chi connectivity index (χ2n) is 5.34. The lowest BCUT2D eigenvalue weighted by Crippen LogP contribution is -2.16. The quantitative estimate of drug-likeness (QED) is 0.818. The third-order valence-electron chi connectivity index (χ3n) is 3.44. The highest BCUT2D eigenvalue weighted by Gasteiger charge is 2.19. The van der Waals surface area contributed by atoms with Gasteiger partial charge in [-0.2, -0.15) is 0 Å². The predicted octanol–water partition coefficient (Wildman–Crippen LogP) is 1.30. The van der Waals surface area contributed by atoms with Crippen molar-refractivity contribution < 1.29 is 26.3 Å². The fourth-order valence-corrected chi connectivity index (χ4v) is 3.99. The molecule has 0 bridgehead atoms. The third kappa shape index (κ3) is 4.03. The van der Waals surface area contributed by atoms with Crippen molar-refractivity contribution in [1.82, 2.24) is 0 Å². The molecule has 0 spiro atoms. The van der Waals surface area contributed by atoms with Gasteiger partial charge in [0.05, 0.1) is 28.7 Å². The van der Waals surface area contributed by atoms with E-state index in [0.29, 0.717) is 24.7 Å². The van der Waals surface area contributed by atoms with Gasteiger partial charge in [-0.3, -0.25) is 4.72 Å². The van der Waals surface area contributed by atoms with Gasteiger partial charge < -0.3 is 9.47 Å². The van der Waals surface area contributed by atoms with Gasteiger partial charge in [0.1, 0.15) is 0 Å². The lowest BCUT2D eigenvalue weighted by molar-refractivity contribution is 0.297. The molecule has 0 unspecified atom stereocenters. The van der Waals surface area contributed by atoms with Crippen LogP contribution in [0.2, 0.25) is 0 Å². The van der Waals surface area contributed by atoms with Crippen molar-refractivity contribution in [3.05, 3.63) is 42.5 Å². The molecule has 1 aliphatic rings. The van der Waals surface area contributed by atoms with Gasteiger partial charge in [0.2, 0.25) is 10.0 Å². The van der Waals surface area contributed by atoms with Crippen LogP contribution in [-0.2, 0) is 20.0 Å². The Morgan fingerprint density at radius 2 is 1.56 bits per heavy atom. The van der Waals surface area contributed by atoms with Crippen molar-refractivity contribution in [2.75, 3.05) is 17.9 Å². The number of sulfonamides is 2. The summed E-state index contributed by atoms with van der Waals surface area (Å²) in [6.45, 7) is 0.998. The molecule has 0 saturated heterocycles. The smallest absolute Gasteiger partial charge is 0.261 e. The third-order valence-corrected chi connectivity index (χ3v) is 5.73. The molecule has 0 saturated carbocycles. The van der Waals surface area contributed by atoms with E-state index < -0.39 is 20.0 Å². The highest BCUT2D eigenvalue weighted by Crippen LogP contribution is 2.33. The van der Waals surface area contributed by atoms with Crippen molar-refractivity contribution in [1.29, 1.82) is 0 Å². The second kappa shape index (κ2) is 6.54. The molecule has 2 aromatic carbocycles. The Hall–Kier alpha value is -2.30. The monoisotopic (exact) mass is 384 g/mol. The zero-order valence-electron chi connectivity index (χ0n) is 13.0. The van der Waals surface area contributed by atoms with Gasteiger partial charge in [0.15, 0.2) is 11.5 Å². The van der Waals surface area contributed by atoms with E-state index in [9.17, 15) is 16.8 Å². The Bertz CT molecular complexity index is 1000. The number of hydrogen-bond acceptors (Lipinski definition) is 6. The van der Waals surface area contributed by atoms with Gasteiger partial charge in [-0.15, -0.1) is 0 Å². The Balaban J connectivity index is 1.91. The molecule has 3 N–H and O–H groups in total. The topological polar surface area (TPSA) is 125 Å². The summed E-state index contributed by atoms with van der Waals surface area (Å²) in [5.41, 5.74) is 0.269. The molecule has 0 atom stereocenters. The number of rotatable bonds is 4. The van der Waals surface area contributed by atoms with E-state index in [4.69, 9.17) is 14.6 Å². The van der Waals surface area contributed by atoms with Crippen LogP contribution >= 0.6 is 0 Å². The van der Waals surface area contributed by atoms with Gasteiger partial charge in [0.25, 0.3) is 10.0 Å². The number of nitrogens with two attached hydrogens (primary N) is 1. The molecule has 3 rings (SSSR count). The first-order chi connectivity index (χ1) is 11.8. The molecule has 2 aromatic rings. The standard InChI is InChI=1S/C15H16N2O6S2/c16-24(18,19)12-3-1-4-13(10-12)25(20,21)17-11-5-6-14-15(9-11)23-8-2-7-22-14/h1,3-6,9-10,17H,2,7-8H2,(H2,16,18,19). The van der Waals surface area contributed by atoms with E-state index in [1.54, 1.807) is 6.07 Å². The molecule has 8 nitrogen and oxygen atoms in total. The number of benzene rings is 2. The van der Waals surface area contributed by atoms with E-state index in [-0.39, 0.29) is 15.5 Å². The van der Waals surface area contributed by atoms with E-state index >= 15 is 0 Å². The maximum absolute atomic E-state index is 12.5. The molecular weight excluding hydrogens is 368 g/mol. The minimum atomic E-state index is -4.00. The number of primary sulfonamides is 1. The summed E-state index contributed by atoms with van der Waals surface area (Å²) >= 11 is 0. The van der Waals surface area contributed by atoms with Crippen LogP contribution in [0.3, 0.4) is 0 Å². The average Bonchev–Trinajstić information content (AvgIpc) is 2.79. The predicted molar refractivity (Wildman–Crippen MR) is 90.7 cm³/mol. The van der Waals surface area contributed by atoms with Crippen molar-refractivity contribution >= 4 is 25.7 Å². The van der Waals surface area contributed by atoms with E-state index in [0.717, 1.165) is 12.5 Å². The molecule has 10 heteroatoms. The normalized spacial score (nSPS) is 14.6. The fraction of sp³-hybridized carbons (Fsp3) is 0.200. The van der Waals surface area contributed by atoms with Crippen molar-refractivity contribution in [3.63, 3.8) is 0 Å². The lowest BCUT2D eigenvalue weighted by Gasteiger charge is -2.12. The molecule has 0 aliphatic carbocycles. The highest BCUT2D eigenvalue weighted by atomic mass is 32.2. The van der Waals surface area contributed by atoms with Crippen molar-refractivity contribution in [2.24, 2.45) is 5.14 Å². The number of nitrogens with one attached hydrogen (secondary N) is 1. The summed E-state index contributed by atoms with van der Waals surface area (Å²) in [7, 11) is -8.00. The Kier molecular flexibility index (Phi) is 4.58. The lowest BCUT2D eigenvalue weighted by atomic mass is 10.3. The molecule has 0 amide bonds. The Labute approximate surface area is 145 Å². The molecule has 0 aromatic heterocycles. The number of ether oxygens (including phenoxy) is 2. The zero-order chi connectivity index (χ0) is 18.1. The summed E-state index contributed by atoms with van der Waals surface area (Å²) in [4.78, 5) is -0.500. The fourth-order valence-electron chi connectivity index (χ4n) is 2.26. The van der Waals surface area contributed by atoms with E-state index in [2.05, 4.69) is 4.72 Å². The van der Waals surface area contributed by atoms with Gasteiger partial charge in [-0.25, -0.2) is 22.0 Å².